The van der Waals surface area contributed by atoms with Crippen LogP contribution >= 0.6 is 11.3 Å². The van der Waals surface area contributed by atoms with Crippen LogP contribution in [0.5, 0.6) is 5.75 Å². The molecule has 0 aliphatic rings. The van der Waals surface area contributed by atoms with E-state index in [1.54, 1.807) is 11.3 Å². The minimum absolute atomic E-state index is 0.581. The maximum Gasteiger partial charge on any atom is 0.119 e. The van der Waals surface area contributed by atoms with Gasteiger partial charge in [0.25, 0.3) is 0 Å². The summed E-state index contributed by atoms with van der Waals surface area (Å²) in [5.41, 5.74) is 1.27. The first kappa shape index (κ1) is 15.0. The molecule has 1 aromatic carbocycles. The number of benzene rings is 1. The minimum Gasteiger partial charge on any atom is -0.491 e. The first-order chi connectivity index (χ1) is 9.88. The van der Waals surface area contributed by atoms with Crippen molar-refractivity contribution in [3.8, 4) is 5.75 Å². The van der Waals surface area contributed by atoms with Gasteiger partial charge in [0, 0.05) is 11.4 Å². The van der Waals surface area contributed by atoms with Gasteiger partial charge in [-0.05, 0) is 35.7 Å². The van der Waals surface area contributed by atoms with Gasteiger partial charge in [0.2, 0.25) is 0 Å². The van der Waals surface area contributed by atoms with E-state index in [1.807, 2.05) is 18.2 Å². The van der Waals surface area contributed by atoms with E-state index in [4.69, 9.17) is 9.47 Å². The number of thiophene rings is 1. The topological polar surface area (TPSA) is 30.5 Å². The highest BCUT2D eigenvalue weighted by molar-refractivity contribution is 7.09. The summed E-state index contributed by atoms with van der Waals surface area (Å²) in [7, 11) is 0. The first-order valence-corrected chi connectivity index (χ1v) is 7.79. The molecule has 1 N–H and O–H groups in total. The lowest BCUT2D eigenvalue weighted by atomic mass is 10.2. The number of hydrogen-bond acceptors (Lipinski definition) is 4. The van der Waals surface area contributed by atoms with E-state index in [-0.39, 0.29) is 0 Å². The predicted octanol–water partition coefficient (Wildman–Crippen LogP) is 3.45. The minimum atomic E-state index is 0.581. The van der Waals surface area contributed by atoms with E-state index in [9.17, 15) is 0 Å². The Morgan fingerprint density at radius 3 is 2.65 bits per heavy atom. The number of nitrogens with one attached hydrogen (secondary N) is 1. The Hall–Kier alpha value is -1.36. The number of hydrogen-bond donors (Lipinski definition) is 1. The Bertz CT molecular complexity index is 468. The molecule has 0 spiro atoms. The predicted molar refractivity (Wildman–Crippen MR) is 83.3 cm³/mol. The van der Waals surface area contributed by atoms with Crippen molar-refractivity contribution in [1.29, 1.82) is 0 Å². The van der Waals surface area contributed by atoms with Crippen LogP contribution in [0.2, 0.25) is 0 Å². The molecule has 3 nitrogen and oxygen atoms in total. The van der Waals surface area contributed by atoms with Crippen LogP contribution in [0.1, 0.15) is 17.4 Å². The van der Waals surface area contributed by atoms with Crippen LogP contribution in [0.15, 0.2) is 41.8 Å². The largest absolute Gasteiger partial charge is 0.491 e. The zero-order valence-electron chi connectivity index (χ0n) is 11.8. The van der Waals surface area contributed by atoms with Crippen LogP contribution in [0.25, 0.3) is 0 Å². The van der Waals surface area contributed by atoms with E-state index in [0.29, 0.717) is 19.8 Å². The fourth-order valence-electron chi connectivity index (χ4n) is 1.76. The molecular formula is C16H21NO2S. The van der Waals surface area contributed by atoms with E-state index in [1.165, 1.54) is 10.4 Å². The third-order valence-corrected chi connectivity index (χ3v) is 3.67. The molecule has 0 saturated heterocycles. The van der Waals surface area contributed by atoms with E-state index in [0.717, 1.165) is 18.8 Å². The summed E-state index contributed by atoms with van der Waals surface area (Å²) in [6, 6.07) is 12.3. The molecular weight excluding hydrogens is 270 g/mol. The Labute approximate surface area is 124 Å². The standard InChI is InChI=1S/C16H21NO2S/c1-2-17-12-14-5-7-15(8-6-14)19-10-9-18-13-16-4-3-11-20-16/h3-8,11,17H,2,9-10,12-13H2,1H3. The molecule has 0 bridgehead atoms. The second-order valence-corrected chi connectivity index (χ2v) is 5.44. The second kappa shape index (κ2) is 8.74. The zero-order valence-corrected chi connectivity index (χ0v) is 12.6. The van der Waals surface area contributed by atoms with Crippen molar-refractivity contribution in [2.24, 2.45) is 0 Å². The van der Waals surface area contributed by atoms with E-state index >= 15 is 0 Å². The van der Waals surface area contributed by atoms with Crippen LogP contribution in [-0.4, -0.2) is 19.8 Å². The number of rotatable bonds is 9. The lowest BCUT2D eigenvalue weighted by molar-refractivity contribution is 0.0905. The van der Waals surface area contributed by atoms with Gasteiger partial charge in [-0.3, -0.25) is 0 Å². The summed E-state index contributed by atoms with van der Waals surface area (Å²) in [5.74, 6) is 0.893. The Kier molecular flexibility index (Phi) is 6.57. The van der Waals surface area contributed by atoms with Crippen molar-refractivity contribution in [3.05, 3.63) is 52.2 Å². The first-order valence-electron chi connectivity index (χ1n) is 6.91. The summed E-state index contributed by atoms with van der Waals surface area (Å²) in [6.07, 6.45) is 0. The summed E-state index contributed by atoms with van der Waals surface area (Å²) >= 11 is 1.71. The van der Waals surface area contributed by atoms with E-state index in [2.05, 4.69) is 35.8 Å². The van der Waals surface area contributed by atoms with Gasteiger partial charge in [-0.15, -0.1) is 11.3 Å². The summed E-state index contributed by atoms with van der Waals surface area (Å²) in [6.45, 7) is 5.85. The van der Waals surface area contributed by atoms with Crippen molar-refractivity contribution < 1.29 is 9.47 Å². The molecule has 20 heavy (non-hydrogen) atoms. The molecule has 1 heterocycles. The highest BCUT2D eigenvalue weighted by atomic mass is 32.1. The summed E-state index contributed by atoms with van der Waals surface area (Å²) in [5, 5.41) is 5.36. The highest BCUT2D eigenvalue weighted by Gasteiger charge is 1.97. The summed E-state index contributed by atoms with van der Waals surface area (Å²) in [4.78, 5) is 1.25. The van der Waals surface area contributed by atoms with E-state index < -0.39 is 0 Å². The molecule has 0 fully saturated rings. The third-order valence-electron chi connectivity index (χ3n) is 2.82. The Balaban J connectivity index is 1.61. The van der Waals surface area contributed by atoms with Crippen LogP contribution in [0.3, 0.4) is 0 Å². The maximum absolute atomic E-state index is 5.64. The number of ether oxygens (including phenoxy) is 2. The highest BCUT2D eigenvalue weighted by Crippen LogP contribution is 2.12. The molecule has 0 aliphatic carbocycles. The molecule has 4 heteroatoms. The van der Waals surface area contributed by atoms with Crippen LogP contribution in [0.4, 0.5) is 0 Å². The van der Waals surface area contributed by atoms with Crippen molar-refractivity contribution in [2.45, 2.75) is 20.1 Å². The molecule has 108 valence electrons. The molecule has 0 aliphatic heterocycles. The van der Waals surface area contributed by atoms with Gasteiger partial charge in [-0.1, -0.05) is 25.1 Å². The van der Waals surface area contributed by atoms with Crippen LogP contribution in [-0.2, 0) is 17.9 Å². The van der Waals surface area contributed by atoms with Gasteiger partial charge in [-0.25, -0.2) is 0 Å². The lowest BCUT2D eigenvalue weighted by Gasteiger charge is -2.08. The van der Waals surface area contributed by atoms with Crippen molar-refractivity contribution >= 4 is 11.3 Å². The molecule has 0 radical (unpaired) electrons. The lowest BCUT2D eigenvalue weighted by Crippen LogP contribution is -2.11. The average Bonchev–Trinajstić information content (AvgIpc) is 2.99. The van der Waals surface area contributed by atoms with Crippen LogP contribution in [0, 0.1) is 0 Å². The second-order valence-electron chi connectivity index (χ2n) is 4.40. The third kappa shape index (κ3) is 5.33. The van der Waals surface area contributed by atoms with Crippen molar-refractivity contribution in [3.63, 3.8) is 0 Å². The monoisotopic (exact) mass is 291 g/mol. The maximum atomic E-state index is 5.64. The van der Waals surface area contributed by atoms with Crippen molar-refractivity contribution in [1.82, 2.24) is 5.32 Å². The van der Waals surface area contributed by atoms with Gasteiger partial charge < -0.3 is 14.8 Å². The molecule has 2 rings (SSSR count). The quantitative estimate of drug-likeness (QED) is 0.718. The van der Waals surface area contributed by atoms with Crippen LogP contribution < -0.4 is 10.1 Å². The normalized spacial score (nSPS) is 10.7. The Morgan fingerprint density at radius 2 is 1.95 bits per heavy atom. The van der Waals surface area contributed by atoms with Gasteiger partial charge in [0.05, 0.1) is 13.2 Å². The molecule has 0 unspecified atom stereocenters. The van der Waals surface area contributed by atoms with Gasteiger partial charge >= 0.3 is 0 Å². The fraction of sp³-hybridized carbons (Fsp3) is 0.375. The van der Waals surface area contributed by atoms with Gasteiger partial charge in [0.1, 0.15) is 12.4 Å². The van der Waals surface area contributed by atoms with Gasteiger partial charge in [-0.2, -0.15) is 0 Å². The summed E-state index contributed by atoms with van der Waals surface area (Å²) < 4.78 is 11.2. The SMILES string of the molecule is CCNCc1ccc(OCCOCc2cccs2)cc1. The smallest absolute Gasteiger partial charge is 0.119 e. The van der Waals surface area contributed by atoms with Gasteiger partial charge in [0.15, 0.2) is 0 Å². The fourth-order valence-corrected chi connectivity index (χ4v) is 2.40. The molecule has 1 aromatic heterocycles. The zero-order chi connectivity index (χ0) is 14.0. The molecule has 0 amide bonds. The molecule has 2 aromatic rings. The average molecular weight is 291 g/mol. The Morgan fingerprint density at radius 1 is 1.10 bits per heavy atom. The molecule has 0 atom stereocenters. The van der Waals surface area contributed by atoms with Crippen molar-refractivity contribution in [2.75, 3.05) is 19.8 Å². The molecule has 0 saturated carbocycles.